The normalized spacial score (nSPS) is 20.7. The first-order valence-corrected chi connectivity index (χ1v) is 17.1. The highest BCUT2D eigenvalue weighted by Gasteiger charge is 2.47. The van der Waals surface area contributed by atoms with E-state index < -0.39 is 0 Å². The van der Waals surface area contributed by atoms with Crippen molar-refractivity contribution in [1.29, 1.82) is 0 Å². The molecular weight excluding hydrogens is 578 g/mol. The van der Waals surface area contributed by atoms with Gasteiger partial charge >= 0.3 is 0 Å². The Morgan fingerprint density at radius 3 is 2.36 bits per heavy atom. The van der Waals surface area contributed by atoms with Gasteiger partial charge in [0.15, 0.2) is 0 Å². The summed E-state index contributed by atoms with van der Waals surface area (Å²) in [6.07, 6.45) is 13.9. The molecule has 6 heteroatoms. The lowest BCUT2D eigenvalue weighted by Crippen LogP contribution is -2.54. The minimum Gasteiger partial charge on any atom is -0.457 e. The minimum absolute atomic E-state index is 0.0225. The van der Waals surface area contributed by atoms with Crippen LogP contribution in [0.3, 0.4) is 0 Å². The Bertz CT molecular complexity index is 2120. The maximum Gasteiger partial charge on any atom is 0.137 e. The highest BCUT2D eigenvalue weighted by molar-refractivity contribution is 6.09. The predicted molar refractivity (Wildman–Crippen MR) is 191 cm³/mol. The SMILES string of the molecule is CC(C)(C)c1ccnc(-n2c3ccccc3c3ccc(Oc4cccc(N5CN(C67CCC(CC6)CC7)c6cnccc65)c4)cc32)c1. The number of ether oxygens (including phenoxy) is 1. The van der Waals surface area contributed by atoms with Gasteiger partial charge in [-0.25, -0.2) is 4.98 Å². The molecule has 6 aromatic rings. The van der Waals surface area contributed by atoms with Crippen molar-refractivity contribution >= 4 is 38.9 Å². The van der Waals surface area contributed by atoms with Crippen LogP contribution < -0.4 is 14.5 Å². The Kier molecular flexibility index (Phi) is 6.40. The Morgan fingerprint density at radius 1 is 0.745 bits per heavy atom. The third-order valence-corrected chi connectivity index (χ3v) is 11.1. The van der Waals surface area contributed by atoms with Gasteiger partial charge in [0, 0.05) is 46.5 Å². The molecule has 6 nitrogen and oxygen atoms in total. The van der Waals surface area contributed by atoms with Crippen molar-refractivity contribution in [3.8, 4) is 17.3 Å². The van der Waals surface area contributed by atoms with Crippen LogP contribution >= 0.6 is 0 Å². The standard InChI is InChI=1S/C41H41N5O/c1-40(2,3)29-16-22-43-39(23-29)46-35-10-5-4-9-33(35)34-12-11-32(25-37(34)46)47-31-8-6-7-30(24-31)44-27-45(38-26-42-21-17-36(38)44)41-18-13-28(14-19-41)15-20-41/h4-12,16-17,21-26,28H,13-15,18-20,27H2,1-3H3. The highest BCUT2D eigenvalue weighted by atomic mass is 16.5. The van der Waals surface area contributed by atoms with Gasteiger partial charge in [0.1, 0.15) is 17.3 Å². The molecule has 3 aromatic carbocycles. The molecule has 3 saturated carbocycles. The lowest BCUT2D eigenvalue weighted by Gasteiger charge is -2.52. The molecule has 0 unspecified atom stereocenters. The number of aromatic nitrogens is 3. The number of benzene rings is 3. The van der Waals surface area contributed by atoms with E-state index in [2.05, 4.69) is 131 Å². The predicted octanol–water partition coefficient (Wildman–Crippen LogP) is 10.3. The first-order chi connectivity index (χ1) is 22.9. The van der Waals surface area contributed by atoms with Crippen molar-refractivity contribution in [1.82, 2.24) is 14.5 Å². The second-order valence-electron chi connectivity index (χ2n) is 14.9. The largest absolute Gasteiger partial charge is 0.457 e. The second kappa shape index (κ2) is 10.6. The molecule has 47 heavy (non-hydrogen) atoms. The van der Waals surface area contributed by atoms with Gasteiger partial charge in [0.2, 0.25) is 0 Å². The number of nitrogens with zero attached hydrogens (tertiary/aromatic N) is 5. The third-order valence-electron chi connectivity index (χ3n) is 11.1. The molecule has 4 aliphatic rings. The fraction of sp³-hybridized carbons (Fsp3) is 0.317. The Balaban J connectivity index is 1.07. The molecule has 0 N–H and O–H groups in total. The Morgan fingerprint density at radius 2 is 1.53 bits per heavy atom. The van der Waals surface area contributed by atoms with E-state index in [4.69, 9.17) is 9.72 Å². The van der Waals surface area contributed by atoms with Crippen molar-refractivity contribution in [2.24, 2.45) is 5.92 Å². The summed E-state index contributed by atoms with van der Waals surface area (Å²) < 4.78 is 8.91. The van der Waals surface area contributed by atoms with E-state index >= 15 is 0 Å². The number of hydrogen-bond donors (Lipinski definition) is 0. The van der Waals surface area contributed by atoms with Gasteiger partial charge in [0.25, 0.3) is 0 Å². The molecule has 10 rings (SSSR count). The van der Waals surface area contributed by atoms with Crippen LogP contribution in [0.25, 0.3) is 27.6 Å². The summed E-state index contributed by atoms with van der Waals surface area (Å²) in [4.78, 5) is 14.5. The van der Waals surface area contributed by atoms with E-state index in [0.717, 1.165) is 46.6 Å². The number of fused-ring (bicyclic) bond motifs is 7. The van der Waals surface area contributed by atoms with E-state index in [1.807, 2.05) is 12.4 Å². The quantitative estimate of drug-likeness (QED) is 0.192. The van der Waals surface area contributed by atoms with E-state index in [9.17, 15) is 0 Å². The van der Waals surface area contributed by atoms with Crippen LogP contribution in [-0.2, 0) is 5.41 Å². The molecule has 0 spiro atoms. The summed E-state index contributed by atoms with van der Waals surface area (Å²) in [7, 11) is 0. The number of rotatable bonds is 5. The zero-order valence-electron chi connectivity index (χ0n) is 27.5. The maximum atomic E-state index is 6.64. The van der Waals surface area contributed by atoms with Crippen LogP contribution in [0.1, 0.15) is 64.9 Å². The third kappa shape index (κ3) is 4.68. The minimum atomic E-state index is 0.0225. The van der Waals surface area contributed by atoms with Crippen molar-refractivity contribution in [2.75, 3.05) is 16.5 Å². The van der Waals surface area contributed by atoms with Crippen LogP contribution in [0.5, 0.6) is 11.5 Å². The zero-order chi connectivity index (χ0) is 31.8. The summed E-state index contributed by atoms with van der Waals surface area (Å²) in [5.41, 5.74) is 7.38. The van der Waals surface area contributed by atoms with Crippen molar-refractivity contribution in [3.05, 3.63) is 109 Å². The molecule has 4 heterocycles. The van der Waals surface area contributed by atoms with Crippen molar-refractivity contribution in [3.63, 3.8) is 0 Å². The molecule has 3 fully saturated rings. The fourth-order valence-electron chi connectivity index (χ4n) is 8.49. The fourth-order valence-corrected chi connectivity index (χ4v) is 8.49. The van der Waals surface area contributed by atoms with Gasteiger partial charge in [0.05, 0.1) is 35.3 Å². The number of pyridine rings is 2. The molecule has 3 aliphatic carbocycles. The summed E-state index contributed by atoms with van der Waals surface area (Å²) in [5.74, 6) is 3.47. The first-order valence-electron chi connectivity index (χ1n) is 17.1. The molecule has 3 aromatic heterocycles. The summed E-state index contributed by atoms with van der Waals surface area (Å²) >= 11 is 0. The highest BCUT2D eigenvalue weighted by Crippen LogP contribution is 2.53. The van der Waals surface area contributed by atoms with Crippen LogP contribution in [-0.4, -0.2) is 26.7 Å². The summed E-state index contributed by atoms with van der Waals surface area (Å²) in [5, 5.41) is 2.39. The topological polar surface area (TPSA) is 46.4 Å². The Hall–Kier alpha value is -4.84. The number of hydrogen-bond acceptors (Lipinski definition) is 5. The molecule has 0 amide bonds. The van der Waals surface area contributed by atoms with Crippen LogP contribution in [0.15, 0.2) is 104 Å². The summed E-state index contributed by atoms with van der Waals surface area (Å²) in [6, 6.07) is 30.0. The lowest BCUT2D eigenvalue weighted by molar-refractivity contribution is 0.133. The van der Waals surface area contributed by atoms with Gasteiger partial charge in [-0.3, -0.25) is 9.55 Å². The van der Waals surface area contributed by atoms with Gasteiger partial charge in [-0.2, -0.15) is 0 Å². The molecule has 0 radical (unpaired) electrons. The molecule has 0 saturated heterocycles. The smallest absolute Gasteiger partial charge is 0.137 e. The van der Waals surface area contributed by atoms with Crippen molar-refractivity contribution < 1.29 is 4.74 Å². The Labute approximate surface area is 276 Å². The van der Waals surface area contributed by atoms with E-state index in [0.29, 0.717) is 0 Å². The second-order valence-corrected chi connectivity index (χ2v) is 14.9. The summed E-state index contributed by atoms with van der Waals surface area (Å²) in [6.45, 7) is 7.58. The van der Waals surface area contributed by atoms with Crippen LogP contribution in [0.2, 0.25) is 0 Å². The maximum absolute atomic E-state index is 6.64. The van der Waals surface area contributed by atoms with Gasteiger partial charge in [-0.15, -0.1) is 0 Å². The van der Waals surface area contributed by atoms with Crippen molar-refractivity contribution in [2.45, 2.75) is 70.3 Å². The van der Waals surface area contributed by atoms with Gasteiger partial charge in [-0.1, -0.05) is 45.0 Å². The molecular formula is C41H41N5O. The monoisotopic (exact) mass is 619 g/mol. The first kappa shape index (κ1) is 28.4. The van der Waals surface area contributed by atoms with E-state index in [1.54, 1.807) is 0 Å². The molecule has 236 valence electrons. The molecule has 0 atom stereocenters. The number of anilines is 3. The van der Waals surface area contributed by atoms with Crippen LogP contribution in [0, 0.1) is 5.92 Å². The average molecular weight is 620 g/mol. The molecule has 2 bridgehead atoms. The zero-order valence-corrected chi connectivity index (χ0v) is 27.5. The van der Waals surface area contributed by atoms with Gasteiger partial charge < -0.3 is 14.5 Å². The molecule has 1 aliphatic heterocycles. The average Bonchev–Trinajstić information content (AvgIpc) is 3.66. The van der Waals surface area contributed by atoms with E-state index in [1.165, 1.54) is 66.2 Å². The lowest BCUT2D eigenvalue weighted by atomic mass is 9.65. The number of para-hydroxylation sites is 1. The van der Waals surface area contributed by atoms with E-state index in [-0.39, 0.29) is 11.0 Å². The van der Waals surface area contributed by atoms with Gasteiger partial charge in [-0.05, 0) is 104 Å². The van der Waals surface area contributed by atoms with Crippen LogP contribution in [0.4, 0.5) is 17.1 Å².